The Morgan fingerprint density at radius 2 is 1.84 bits per heavy atom. The summed E-state index contributed by atoms with van der Waals surface area (Å²) in [6.45, 7) is 1.11. The molecule has 1 fully saturated rings. The number of halogens is 1. The summed E-state index contributed by atoms with van der Waals surface area (Å²) in [5, 5.41) is 0. The van der Waals surface area contributed by atoms with Crippen LogP contribution in [0.25, 0.3) is 0 Å². The van der Waals surface area contributed by atoms with Crippen LogP contribution in [-0.2, 0) is 16.1 Å². The van der Waals surface area contributed by atoms with Crippen LogP contribution < -0.4 is 9.47 Å². The molecule has 37 heavy (non-hydrogen) atoms. The van der Waals surface area contributed by atoms with Crippen LogP contribution in [0.1, 0.15) is 22.5 Å². The maximum absolute atomic E-state index is 13.4. The number of carbonyl (C=O) groups excluding carboxylic acids is 2. The molecule has 194 valence electrons. The highest BCUT2D eigenvalue weighted by Crippen LogP contribution is 2.27. The first-order valence-electron chi connectivity index (χ1n) is 12.0. The van der Waals surface area contributed by atoms with Crippen LogP contribution in [0.2, 0.25) is 0 Å². The van der Waals surface area contributed by atoms with Crippen LogP contribution in [0.4, 0.5) is 4.39 Å². The van der Waals surface area contributed by atoms with E-state index in [4.69, 9.17) is 14.2 Å². The molecule has 0 bridgehead atoms. The lowest BCUT2D eigenvalue weighted by Crippen LogP contribution is -2.58. The standard InChI is InChI=1S/C28H30FN3O5/c1-31(18-21-7-4-3-5-8-21)26(33)17-28(20-36-23-13-11-22(29)12-14-23)19-32(15-16-37-28)27(34)24-9-6-10-25(30-24)35-2/h3-14H,15-20H2,1-2H3/t28-/m1/s1. The van der Waals surface area contributed by atoms with Gasteiger partial charge < -0.3 is 24.0 Å². The third kappa shape index (κ3) is 6.83. The monoisotopic (exact) mass is 507 g/mol. The van der Waals surface area contributed by atoms with Crippen LogP contribution in [-0.4, -0.2) is 72.7 Å². The summed E-state index contributed by atoms with van der Waals surface area (Å²) < 4.78 is 30.6. The van der Waals surface area contributed by atoms with Crippen molar-refractivity contribution in [3.05, 3.63) is 89.9 Å². The molecule has 2 amide bonds. The number of hydrogen-bond donors (Lipinski definition) is 0. The lowest BCUT2D eigenvalue weighted by atomic mass is 9.96. The van der Waals surface area contributed by atoms with E-state index in [0.717, 1.165) is 5.56 Å². The molecule has 0 N–H and O–H groups in total. The average molecular weight is 508 g/mol. The Bertz CT molecular complexity index is 1210. The largest absolute Gasteiger partial charge is 0.490 e. The van der Waals surface area contributed by atoms with Crippen molar-refractivity contribution in [2.45, 2.75) is 18.6 Å². The number of morpholine rings is 1. The van der Waals surface area contributed by atoms with Gasteiger partial charge in [0.15, 0.2) is 0 Å². The summed E-state index contributed by atoms with van der Waals surface area (Å²) in [5.41, 5.74) is 0.131. The molecule has 1 saturated heterocycles. The zero-order valence-electron chi connectivity index (χ0n) is 20.9. The molecule has 1 aliphatic heterocycles. The molecule has 3 aromatic rings. The molecule has 8 nitrogen and oxygen atoms in total. The second-order valence-corrected chi connectivity index (χ2v) is 8.98. The van der Waals surface area contributed by atoms with Gasteiger partial charge in [0.25, 0.3) is 5.91 Å². The number of amides is 2. The van der Waals surface area contributed by atoms with Crippen molar-refractivity contribution in [3.63, 3.8) is 0 Å². The Morgan fingerprint density at radius 1 is 1.08 bits per heavy atom. The van der Waals surface area contributed by atoms with Gasteiger partial charge in [-0.15, -0.1) is 0 Å². The quantitative estimate of drug-likeness (QED) is 0.441. The summed E-state index contributed by atoms with van der Waals surface area (Å²) in [4.78, 5) is 34.1. The predicted octanol–water partition coefficient (Wildman–Crippen LogP) is 3.57. The highest BCUT2D eigenvalue weighted by atomic mass is 19.1. The third-order valence-corrected chi connectivity index (χ3v) is 6.16. The van der Waals surface area contributed by atoms with Gasteiger partial charge in [0, 0.05) is 26.2 Å². The van der Waals surface area contributed by atoms with Gasteiger partial charge in [-0.2, -0.15) is 0 Å². The molecule has 0 saturated carbocycles. The van der Waals surface area contributed by atoms with Gasteiger partial charge in [-0.3, -0.25) is 9.59 Å². The van der Waals surface area contributed by atoms with Gasteiger partial charge in [0.05, 0.1) is 26.7 Å². The molecule has 0 aliphatic carbocycles. The second kappa shape index (κ2) is 11.8. The van der Waals surface area contributed by atoms with Gasteiger partial charge in [-0.25, -0.2) is 9.37 Å². The number of ether oxygens (including phenoxy) is 3. The topological polar surface area (TPSA) is 81.2 Å². The van der Waals surface area contributed by atoms with Crippen molar-refractivity contribution in [1.29, 1.82) is 0 Å². The first-order valence-corrected chi connectivity index (χ1v) is 12.0. The van der Waals surface area contributed by atoms with E-state index in [2.05, 4.69) is 4.98 Å². The highest BCUT2D eigenvalue weighted by molar-refractivity contribution is 5.92. The van der Waals surface area contributed by atoms with Gasteiger partial charge in [0.2, 0.25) is 11.8 Å². The van der Waals surface area contributed by atoms with Crippen LogP contribution in [0.5, 0.6) is 11.6 Å². The number of methoxy groups -OCH3 is 1. The average Bonchev–Trinajstić information content (AvgIpc) is 2.93. The Hall–Kier alpha value is -3.98. The number of nitrogens with zero attached hydrogens (tertiary/aromatic N) is 3. The van der Waals surface area contributed by atoms with Crippen LogP contribution in [0.3, 0.4) is 0 Å². The molecule has 1 aromatic heterocycles. The molecule has 2 heterocycles. The minimum Gasteiger partial charge on any atom is -0.490 e. The molecule has 9 heteroatoms. The van der Waals surface area contributed by atoms with E-state index in [9.17, 15) is 14.0 Å². The fraction of sp³-hybridized carbons (Fsp3) is 0.321. The maximum atomic E-state index is 13.4. The number of aromatic nitrogens is 1. The zero-order valence-corrected chi connectivity index (χ0v) is 20.9. The highest BCUT2D eigenvalue weighted by Gasteiger charge is 2.42. The minimum atomic E-state index is -1.11. The summed E-state index contributed by atoms with van der Waals surface area (Å²) in [5.74, 6) is -0.0508. The lowest BCUT2D eigenvalue weighted by Gasteiger charge is -2.42. The van der Waals surface area contributed by atoms with Crippen LogP contribution >= 0.6 is 0 Å². The second-order valence-electron chi connectivity index (χ2n) is 8.98. The number of hydrogen-bond acceptors (Lipinski definition) is 6. The molecular weight excluding hydrogens is 477 g/mol. The first-order chi connectivity index (χ1) is 17.9. The molecule has 4 rings (SSSR count). The van der Waals surface area contributed by atoms with Crippen LogP contribution in [0, 0.1) is 5.82 Å². The van der Waals surface area contributed by atoms with Gasteiger partial charge in [0.1, 0.15) is 29.5 Å². The number of rotatable bonds is 9. The SMILES string of the molecule is COc1cccc(C(=O)N2CCO[C@](COc3ccc(F)cc3)(CC(=O)N(C)Cc3ccccc3)C2)n1. The van der Waals surface area contributed by atoms with E-state index >= 15 is 0 Å². The van der Waals surface area contributed by atoms with Crippen molar-refractivity contribution < 1.29 is 28.2 Å². The van der Waals surface area contributed by atoms with Gasteiger partial charge in [-0.1, -0.05) is 36.4 Å². The van der Waals surface area contributed by atoms with E-state index in [1.807, 2.05) is 30.3 Å². The van der Waals surface area contributed by atoms with Crippen molar-refractivity contribution in [2.24, 2.45) is 0 Å². The molecule has 1 aliphatic rings. The molecule has 0 radical (unpaired) electrons. The Labute approximate surface area is 215 Å². The Kier molecular flexibility index (Phi) is 8.35. The van der Waals surface area contributed by atoms with Crippen molar-refractivity contribution in [1.82, 2.24) is 14.8 Å². The van der Waals surface area contributed by atoms with E-state index in [-0.39, 0.29) is 49.5 Å². The van der Waals surface area contributed by atoms with E-state index < -0.39 is 5.60 Å². The Balaban J connectivity index is 1.53. The van der Waals surface area contributed by atoms with E-state index in [0.29, 0.717) is 24.7 Å². The first kappa shape index (κ1) is 26.1. The number of carbonyl (C=O) groups is 2. The molecule has 2 aromatic carbocycles. The van der Waals surface area contributed by atoms with E-state index in [1.54, 1.807) is 35.0 Å². The fourth-order valence-corrected chi connectivity index (χ4v) is 4.17. The maximum Gasteiger partial charge on any atom is 0.272 e. The molecule has 1 atom stereocenters. The summed E-state index contributed by atoms with van der Waals surface area (Å²) in [6.07, 6.45) is -0.00710. The van der Waals surface area contributed by atoms with Crippen molar-refractivity contribution in [2.75, 3.05) is 40.5 Å². The third-order valence-electron chi connectivity index (χ3n) is 6.16. The minimum absolute atomic E-state index is 0.00112. The smallest absolute Gasteiger partial charge is 0.272 e. The number of pyridine rings is 1. The number of benzene rings is 2. The summed E-state index contributed by atoms with van der Waals surface area (Å²) in [7, 11) is 3.22. The van der Waals surface area contributed by atoms with E-state index in [1.165, 1.54) is 31.4 Å². The van der Waals surface area contributed by atoms with Gasteiger partial charge >= 0.3 is 0 Å². The van der Waals surface area contributed by atoms with Crippen molar-refractivity contribution in [3.8, 4) is 11.6 Å². The summed E-state index contributed by atoms with van der Waals surface area (Å²) in [6, 6.07) is 20.3. The predicted molar refractivity (Wildman–Crippen MR) is 135 cm³/mol. The normalized spacial score (nSPS) is 17.2. The zero-order chi connectivity index (χ0) is 26.3. The Morgan fingerprint density at radius 3 is 2.57 bits per heavy atom. The van der Waals surface area contributed by atoms with Gasteiger partial charge in [-0.05, 0) is 35.9 Å². The molecule has 0 unspecified atom stereocenters. The lowest BCUT2D eigenvalue weighted by molar-refractivity contribution is -0.152. The van der Waals surface area contributed by atoms with Crippen LogP contribution in [0.15, 0.2) is 72.8 Å². The fourth-order valence-electron chi connectivity index (χ4n) is 4.17. The summed E-state index contributed by atoms with van der Waals surface area (Å²) >= 11 is 0. The van der Waals surface area contributed by atoms with Crippen molar-refractivity contribution >= 4 is 11.8 Å². The molecular formula is C28H30FN3O5. The molecule has 0 spiro atoms.